The topological polar surface area (TPSA) is 64.7 Å². The predicted octanol–water partition coefficient (Wildman–Crippen LogP) is 4.50. The quantitative estimate of drug-likeness (QED) is 0.773. The van der Waals surface area contributed by atoms with Gasteiger partial charge in [0.2, 0.25) is 0 Å². The van der Waals surface area contributed by atoms with E-state index >= 15 is 0 Å². The molecule has 2 N–H and O–H groups in total. The molecule has 150 valence electrons. The molecular formula is C22H30N4O2. The molecule has 2 aromatic carbocycles. The minimum Gasteiger partial charge on any atom is -0.377 e. The van der Waals surface area contributed by atoms with Crippen LogP contribution < -0.4 is 15.5 Å². The fourth-order valence-electron chi connectivity index (χ4n) is 3.14. The summed E-state index contributed by atoms with van der Waals surface area (Å²) in [4.78, 5) is 29.1. The summed E-state index contributed by atoms with van der Waals surface area (Å²) in [7, 11) is 3.80. The highest BCUT2D eigenvalue weighted by Gasteiger charge is 2.19. The number of carbonyl (C=O) groups is 2. The molecule has 0 aliphatic heterocycles. The molecule has 3 amide bonds. The van der Waals surface area contributed by atoms with Gasteiger partial charge in [0.05, 0.1) is 5.56 Å². The Kier molecular flexibility index (Phi) is 7.04. The molecular weight excluding hydrogens is 352 g/mol. The van der Waals surface area contributed by atoms with Crippen molar-refractivity contribution in [3.05, 3.63) is 53.1 Å². The molecule has 0 unspecified atom stereocenters. The van der Waals surface area contributed by atoms with Crippen LogP contribution in [0.15, 0.2) is 36.4 Å². The number of hydrogen-bond acceptors (Lipinski definition) is 3. The molecule has 6 heteroatoms. The zero-order valence-electron chi connectivity index (χ0n) is 17.6. The molecule has 6 nitrogen and oxygen atoms in total. The summed E-state index contributed by atoms with van der Waals surface area (Å²) >= 11 is 0. The van der Waals surface area contributed by atoms with Crippen LogP contribution in [-0.4, -0.2) is 44.0 Å². The van der Waals surface area contributed by atoms with Crippen LogP contribution >= 0.6 is 0 Å². The fraction of sp³-hybridized carbons (Fsp3) is 0.364. The first-order valence-electron chi connectivity index (χ1n) is 9.53. The van der Waals surface area contributed by atoms with Crippen molar-refractivity contribution < 1.29 is 9.59 Å². The minimum absolute atomic E-state index is 0.0486. The fourth-order valence-corrected chi connectivity index (χ4v) is 3.14. The average molecular weight is 383 g/mol. The second-order valence-corrected chi connectivity index (χ2v) is 6.95. The molecule has 0 saturated heterocycles. The Morgan fingerprint density at radius 1 is 0.929 bits per heavy atom. The van der Waals surface area contributed by atoms with Crippen molar-refractivity contribution in [1.82, 2.24) is 4.90 Å². The van der Waals surface area contributed by atoms with E-state index in [1.807, 2.05) is 71.0 Å². The van der Waals surface area contributed by atoms with E-state index in [1.165, 1.54) is 0 Å². The van der Waals surface area contributed by atoms with Gasteiger partial charge in [0.1, 0.15) is 0 Å². The lowest BCUT2D eigenvalue weighted by Crippen LogP contribution is -2.32. The highest BCUT2D eigenvalue weighted by atomic mass is 16.2. The zero-order valence-corrected chi connectivity index (χ0v) is 17.6. The van der Waals surface area contributed by atoms with Crippen molar-refractivity contribution in [3.8, 4) is 0 Å². The first-order valence-corrected chi connectivity index (χ1v) is 9.53. The molecule has 2 rings (SSSR count). The van der Waals surface area contributed by atoms with Gasteiger partial charge >= 0.3 is 6.03 Å². The predicted molar refractivity (Wildman–Crippen MR) is 117 cm³/mol. The number of para-hydroxylation sites is 1. The Morgan fingerprint density at radius 3 is 2.07 bits per heavy atom. The number of carbonyl (C=O) groups excluding carboxylic acids is 2. The van der Waals surface area contributed by atoms with Crippen molar-refractivity contribution in [3.63, 3.8) is 0 Å². The number of nitrogens with one attached hydrogen (secondary N) is 2. The van der Waals surface area contributed by atoms with Gasteiger partial charge in [0.15, 0.2) is 0 Å². The molecule has 0 atom stereocenters. The van der Waals surface area contributed by atoms with Gasteiger partial charge in [-0.15, -0.1) is 0 Å². The maximum absolute atomic E-state index is 12.9. The lowest BCUT2D eigenvalue weighted by molar-refractivity contribution is 0.0773. The van der Waals surface area contributed by atoms with Crippen LogP contribution in [-0.2, 0) is 0 Å². The van der Waals surface area contributed by atoms with Gasteiger partial charge in [-0.3, -0.25) is 4.79 Å². The van der Waals surface area contributed by atoms with Crippen LogP contribution in [0.2, 0.25) is 0 Å². The summed E-state index contributed by atoms with van der Waals surface area (Å²) in [5.74, 6) is -0.0486. The molecule has 0 fully saturated rings. The number of urea groups is 1. The van der Waals surface area contributed by atoms with E-state index in [0.717, 1.165) is 22.5 Å². The molecule has 0 aromatic heterocycles. The number of nitrogens with zero attached hydrogens (tertiary/aromatic N) is 2. The normalized spacial score (nSPS) is 10.4. The van der Waals surface area contributed by atoms with Gasteiger partial charge in [-0.05, 0) is 57.0 Å². The second-order valence-electron chi connectivity index (χ2n) is 6.95. The summed E-state index contributed by atoms with van der Waals surface area (Å²) in [5.41, 5.74) is 4.75. The number of aryl methyl sites for hydroxylation is 2. The number of rotatable bonds is 6. The third-order valence-corrected chi connectivity index (χ3v) is 4.74. The standard InChI is InChI=1S/C22H30N4O2/c1-7-26(8-2)21(27)18-14-17(12-13-19(18)25(5)6)23-22(28)24-20-15(3)10-9-11-16(20)4/h9-14H,7-8H2,1-6H3,(H2,23,24,28). The lowest BCUT2D eigenvalue weighted by atomic mass is 10.1. The summed E-state index contributed by atoms with van der Waals surface area (Å²) in [6, 6.07) is 10.9. The monoisotopic (exact) mass is 382 g/mol. The number of hydrogen-bond donors (Lipinski definition) is 2. The Balaban J connectivity index is 2.27. The maximum Gasteiger partial charge on any atom is 0.323 e. The summed E-state index contributed by atoms with van der Waals surface area (Å²) < 4.78 is 0. The zero-order chi connectivity index (χ0) is 20.8. The smallest absolute Gasteiger partial charge is 0.323 e. The van der Waals surface area contributed by atoms with Gasteiger partial charge in [0, 0.05) is 44.2 Å². The average Bonchev–Trinajstić information content (AvgIpc) is 2.65. The number of benzene rings is 2. The molecule has 0 bridgehead atoms. The molecule has 0 saturated carbocycles. The number of anilines is 3. The van der Waals surface area contributed by atoms with E-state index in [4.69, 9.17) is 0 Å². The third kappa shape index (κ3) is 4.82. The van der Waals surface area contributed by atoms with E-state index < -0.39 is 0 Å². The molecule has 28 heavy (non-hydrogen) atoms. The Bertz CT molecular complexity index is 837. The SMILES string of the molecule is CCN(CC)C(=O)c1cc(NC(=O)Nc2c(C)cccc2C)ccc1N(C)C. The van der Waals surface area contributed by atoms with Crippen LogP contribution in [0.3, 0.4) is 0 Å². The van der Waals surface area contributed by atoms with E-state index in [2.05, 4.69) is 10.6 Å². The van der Waals surface area contributed by atoms with Crippen LogP contribution in [0.25, 0.3) is 0 Å². The van der Waals surface area contributed by atoms with E-state index in [-0.39, 0.29) is 11.9 Å². The first kappa shape index (κ1) is 21.3. The van der Waals surface area contributed by atoms with Gasteiger partial charge in [-0.25, -0.2) is 4.79 Å². The van der Waals surface area contributed by atoms with E-state index in [9.17, 15) is 9.59 Å². The maximum atomic E-state index is 12.9. The molecule has 0 aliphatic rings. The third-order valence-electron chi connectivity index (χ3n) is 4.74. The van der Waals surface area contributed by atoms with Crippen molar-refractivity contribution in [2.24, 2.45) is 0 Å². The Morgan fingerprint density at radius 2 is 1.54 bits per heavy atom. The number of amides is 3. The van der Waals surface area contributed by atoms with E-state index in [0.29, 0.717) is 24.3 Å². The van der Waals surface area contributed by atoms with Crippen molar-refractivity contribution in [1.29, 1.82) is 0 Å². The van der Waals surface area contributed by atoms with Crippen LogP contribution in [0.1, 0.15) is 35.3 Å². The van der Waals surface area contributed by atoms with Crippen molar-refractivity contribution >= 4 is 29.0 Å². The van der Waals surface area contributed by atoms with Crippen LogP contribution in [0.5, 0.6) is 0 Å². The Hall–Kier alpha value is -3.02. The summed E-state index contributed by atoms with van der Waals surface area (Å²) in [6.07, 6.45) is 0. The lowest BCUT2D eigenvalue weighted by Gasteiger charge is -2.23. The minimum atomic E-state index is -0.337. The van der Waals surface area contributed by atoms with Gasteiger partial charge in [-0.1, -0.05) is 18.2 Å². The largest absolute Gasteiger partial charge is 0.377 e. The molecule has 2 aromatic rings. The van der Waals surface area contributed by atoms with Crippen LogP contribution in [0, 0.1) is 13.8 Å². The summed E-state index contributed by atoms with van der Waals surface area (Å²) in [5, 5.41) is 5.74. The molecule has 0 radical (unpaired) electrons. The summed E-state index contributed by atoms with van der Waals surface area (Å²) in [6.45, 7) is 9.08. The van der Waals surface area contributed by atoms with Crippen LogP contribution in [0.4, 0.5) is 21.9 Å². The second kappa shape index (κ2) is 9.26. The first-order chi connectivity index (χ1) is 13.3. The molecule has 0 spiro atoms. The highest BCUT2D eigenvalue weighted by molar-refractivity contribution is 6.04. The molecule has 0 aliphatic carbocycles. The highest BCUT2D eigenvalue weighted by Crippen LogP contribution is 2.25. The van der Waals surface area contributed by atoms with Crippen molar-refractivity contribution in [2.75, 3.05) is 42.7 Å². The molecule has 0 heterocycles. The Labute approximate surface area is 167 Å². The van der Waals surface area contributed by atoms with Gasteiger partial charge in [0.25, 0.3) is 5.91 Å². The van der Waals surface area contributed by atoms with E-state index in [1.54, 1.807) is 17.0 Å². The van der Waals surface area contributed by atoms with Gasteiger partial charge in [-0.2, -0.15) is 0 Å². The van der Waals surface area contributed by atoms with Crippen molar-refractivity contribution in [2.45, 2.75) is 27.7 Å². The van der Waals surface area contributed by atoms with Gasteiger partial charge < -0.3 is 20.4 Å².